The summed E-state index contributed by atoms with van der Waals surface area (Å²) < 4.78 is 6.35. The normalized spacial score (nSPS) is 11.6. The predicted molar refractivity (Wildman–Crippen MR) is 184 cm³/mol. The molecule has 0 fully saturated rings. The first-order chi connectivity index (χ1) is 22.3. The van der Waals surface area contributed by atoms with Gasteiger partial charge in [-0.3, -0.25) is 4.98 Å². The number of pyridine rings is 1. The van der Waals surface area contributed by atoms with Crippen molar-refractivity contribution in [1.29, 1.82) is 0 Å². The molecule has 210 valence electrons. The zero-order valence-corrected chi connectivity index (χ0v) is 24.2. The van der Waals surface area contributed by atoms with Gasteiger partial charge in [0.25, 0.3) is 0 Å². The first-order valence-electron chi connectivity index (χ1n) is 15.0. The fourth-order valence-corrected chi connectivity index (χ4v) is 6.46. The molecule has 0 amide bonds. The second-order valence-electron chi connectivity index (χ2n) is 11.3. The lowest BCUT2D eigenvalue weighted by molar-refractivity contribution is 0.653. The summed E-state index contributed by atoms with van der Waals surface area (Å²) in [6.07, 6.45) is 3.70. The Hall–Kier alpha value is -6.13. The zero-order chi connectivity index (χ0) is 29.7. The molecule has 3 aromatic heterocycles. The molecule has 0 aliphatic carbocycles. The lowest BCUT2D eigenvalue weighted by Gasteiger charge is -2.14. The smallest absolute Gasteiger partial charge is 0.231 e. The van der Waals surface area contributed by atoms with E-state index in [0.717, 1.165) is 55.4 Å². The minimum absolute atomic E-state index is 0.574. The summed E-state index contributed by atoms with van der Waals surface area (Å²) in [6, 6.07) is 48.5. The number of para-hydroxylation sites is 1. The number of furan rings is 1. The summed E-state index contributed by atoms with van der Waals surface area (Å²) in [5.74, 6) is 0.609. The van der Waals surface area contributed by atoms with E-state index in [1.165, 1.54) is 21.5 Å². The third-order valence-corrected chi connectivity index (χ3v) is 8.55. The number of fused-ring (bicyclic) bond motifs is 6. The van der Waals surface area contributed by atoms with Gasteiger partial charge >= 0.3 is 0 Å². The number of hydrogen-bond acceptors (Lipinski definition) is 4. The molecule has 0 radical (unpaired) electrons. The van der Waals surface area contributed by atoms with E-state index in [0.29, 0.717) is 11.5 Å². The van der Waals surface area contributed by atoms with Gasteiger partial charge in [0.15, 0.2) is 5.82 Å². The summed E-state index contributed by atoms with van der Waals surface area (Å²) in [5.41, 5.74) is 8.46. The third-order valence-electron chi connectivity index (χ3n) is 8.55. The zero-order valence-electron chi connectivity index (χ0n) is 24.2. The predicted octanol–water partition coefficient (Wildman–Crippen LogP) is 10.7. The summed E-state index contributed by atoms with van der Waals surface area (Å²) in [4.78, 5) is 14.7. The van der Waals surface area contributed by atoms with Crippen molar-refractivity contribution in [2.75, 3.05) is 0 Å². The molecule has 0 N–H and O–H groups in total. The van der Waals surface area contributed by atoms with Crippen LogP contribution in [0.1, 0.15) is 0 Å². The van der Waals surface area contributed by atoms with Crippen molar-refractivity contribution in [2.24, 2.45) is 0 Å². The Balaban J connectivity index is 1.35. The van der Waals surface area contributed by atoms with E-state index in [-0.39, 0.29) is 0 Å². The lowest BCUT2D eigenvalue weighted by atomic mass is 9.90. The molecule has 0 unspecified atom stereocenters. The average molecular weight is 576 g/mol. The summed E-state index contributed by atoms with van der Waals surface area (Å²) in [7, 11) is 0. The van der Waals surface area contributed by atoms with Crippen molar-refractivity contribution in [2.45, 2.75) is 0 Å². The highest BCUT2D eigenvalue weighted by atomic mass is 16.3. The maximum Gasteiger partial charge on any atom is 0.231 e. The van der Waals surface area contributed by atoms with Gasteiger partial charge in [0.1, 0.15) is 5.58 Å². The van der Waals surface area contributed by atoms with Gasteiger partial charge < -0.3 is 4.42 Å². The summed E-state index contributed by atoms with van der Waals surface area (Å²) in [5, 5.41) is 6.79. The van der Waals surface area contributed by atoms with Gasteiger partial charge in [-0.1, -0.05) is 103 Å². The van der Waals surface area contributed by atoms with Gasteiger partial charge in [0.05, 0.1) is 11.1 Å². The number of hydrogen-bond donors (Lipinski definition) is 0. The van der Waals surface area contributed by atoms with Crippen LogP contribution in [-0.4, -0.2) is 15.0 Å². The molecule has 45 heavy (non-hydrogen) atoms. The van der Waals surface area contributed by atoms with Gasteiger partial charge in [-0.05, 0) is 74.6 Å². The Morgan fingerprint density at radius 3 is 2.00 bits per heavy atom. The Kier molecular flexibility index (Phi) is 5.78. The van der Waals surface area contributed by atoms with Crippen LogP contribution in [0.25, 0.3) is 88.5 Å². The van der Waals surface area contributed by atoms with Crippen molar-refractivity contribution in [3.63, 3.8) is 0 Å². The molecule has 0 bridgehead atoms. The fourth-order valence-electron chi connectivity index (χ4n) is 6.46. The molecule has 0 saturated carbocycles. The first kappa shape index (κ1) is 25.4. The molecular weight excluding hydrogens is 550 g/mol. The maximum atomic E-state index is 6.35. The van der Waals surface area contributed by atoms with Gasteiger partial charge in [-0.15, -0.1) is 0 Å². The monoisotopic (exact) mass is 575 g/mol. The second kappa shape index (κ2) is 10.2. The van der Waals surface area contributed by atoms with Crippen molar-refractivity contribution in [3.8, 4) is 44.9 Å². The minimum atomic E-state index is 0.574. The Labute approximate surface area is 259 Å². The highest BCUT2D eigenvalue weighted by Crippen LogP contribution is 2.40. The number of nitrogens with zero attached hydrogens (tertiary/aromatic N) is 3. The SMILES string of the molecule is c1ccc(-c2nc(-c3cc(-c4cccnc4)cc(-c4cc5ccccc5c5ccccc45)c3)nc3oc4ccccc4c23)cc1. The molecule has 0 spiro atoms. The van der Waals surface area contributed by atoms with Crippen molar-refractivity contribution < 1.29 is 4.42 Å². The number of benzene rings is 6. The standard InChI is InChI=1S/C41H25N3O/c1-2-11-26(12-3-1)39-38-35-18-8-9-19-37(35)45-41(38)44-40(43-39)31-22-29(28-14-10-20-42-25-28)21-30(23-31)36-24-27-13-4-5-15-32(27)33-16-6-7-17-34(33)36/h1-25H. The van der Waals surface area contributed by atoms with Crippen LogP contribution < -0.4 is 0 Å². The molecule has 3 heterocycles. The van der Waals surface area contributed by atoms with E-state index in [4.69, 9.17) is 14.4 Å². The molecular formula is C41H25N3O. The highest BCUT2D eigenvalue weighted by molar-refractivity contribution is 6.14. The summed E-state index contributed by atoms with van der Waals surface area (Å²) in [6.45, 7) is 0. The van der Waals surface area contributed by atoms with E-state index in [1.54, 1.807) is 6.20 Å². The van der Waals surface area contributed by atoms with Crippen LogP contribution in [0.15, 0.2) is 156 Å². The second-order valence-corrected chi connectivity index (χ2v) is 11.3. The van der Waals surface area contributed by atoms with Crippen LogP contribution in [0.4, 0.5) is 0 Å². The molecule has 9 rings (SSSR count). The van der Waals surface area contributed by atoms with Crippen molar-refractivity contribution in [1.82, 2.24) is 15.0 Å². The van der Waals surface area contributed by atoms with Crippen molar-refractivity contribution in [3.05, 3.63) is 152 Å². The van der Waals surface area contributed by atoms with Crippen LogP contribution in [0, 0.1) is 0 Å². The number of rotatable bonds is 4. The van der Waals surface area contributed by atoms with Gasteiger partial charge in [-0.2, -0.15) is 4.98 Å². The Morgan fingerprint density at radius 2 is 1.16 bits per heavy atom. The van der Waals surface area contributed by atoms with E-state index in [9.17, 15) is 0 Å². The molecule has 0 aliphatic heterocycles. The largest absolute Gasteiger partial charge is 0.438 e. The molecule has 0 saturated heterocycles. The Morgan fingerprint density at radius 1 is 0.467 bits per heavy atom. The average Bonchev–Trinajstić information content (AvgIpc) is 3.50. The minimum Gasteiger partial charge on any atom is -0.438 e. The van der Waals surface area contributed by atoms with Crippen LogP contribution in [0.2, 0.25) is 0 Å². The summed E-state index contributed by atoms with van der Waals surface area (Å²) >= 11 is 0. The quantitative estimate of drug-likeness (QED) is 0.196. The highest BCUT2D eigenvalue weighted by Gasteiger charge is 2.19. The van der Waals surface area contributed by atoms with Gasteiger partial charge in [-0.25, -0.2) is 4.98 Å². The van der Waals surface area contributed by atoms with E-state index >= 15 is 0 Å². The molecule has 6 aromatic carbocycles. The molecule has 9 aromatic rings. The maximum absolute atomic E-state index is 6.35. The molecule has 0 atom stereocenters. The van der Waals surface area contributed by atoms with Crippen LogP contribution >= 0.6 is 0 Å². The van der Waals surface area contributed by atoms with Gasteiger partial charge in [0.2, 0.25) is 5.71 Å². The van der Waals surface area contributed by atoms with E-state index in [1.807, 2.05) is 48.7 Å². The molecule has 4 nitrogen and oxygen atoms in total. The molecule has 0 aliphatic rings. The topological polar surface area (TPSA) is 51.8 Å². The van der Waals surface area contributed by atoms with E-state index < -0.39 is 0 Å². The first-order valence-corrected chi connectivity index (χ1v) is 15.0. The Bertz CT molecular complexity index is 2540. The molecule has 4 heteroatoms. The van der Waals surface area contributed by atoms with Crippen LogP contribution in [-0.2, 0) is 0 Å². The van der Waals surface area contributed by atoms with Gasteiger partial charge in [0, 0.05) is 34.5 Å². The van der Waals surface area contributed by atoms with Crippen LogP contribution in [0.3, 0.4) is 0 Å². The lowest BCUT2D eigenvalue weighted by Crippen LogP contribution is -1.95. The third kappa shape index (κ3) is 4.27. The fraction of sp³-hybridized carbons (Fsp3) is 0. The van der Waals surface area contributed by atoms with Crippen LogP contribution in [0.5, 0.6) is 0 Å². The van der Waals surface area contributed by atoms with Crippen molar-refractivity contribution >= 4 is 43.6 Å². The number of aromatic nitrogens is 3. The van der Waals surface area contributed by atoms with E-state index in [2.05, 4.69) is 102 Å².